The van der Waals surface area contributed by atoms with Gasteiger partial charge in [0, 0.05) is 24.8 Å². The van der Waals surface area contributed by atoms with E-state index in [-0.39, 0.29) is 11.9 Å². The Bertz CT molecular complexity index is 361. The zero-order valence-corrected chi connectivity index (χ0v) is 9.58. The topological polar surface area (TPSA) is 35.2 Å². The number of nitrogens with two attached hydrogens (primary N) is 1. The SMILES string of the molecule is Cc1ccc(C(N)C2CCOCC2)c(F)c1. The summed E-state index contributed by atoms with van der Waals surface area (Å²) in [7, 11) is 0. The average Bonchev–Trinajstić information content (AvgIpc) is 2.29. The van der Waals surface area contributed by atoms with Gasteiger partial charge in [0.05, 0.1) is 0 Å². The van der Waals surface area contributed by atoms with E-state index < -0.39 is 0 Å². The minimum absolute atomic E-state index is 0.181. The average molecular weight is 223 g/mol. The van der Waals surface area contributed by atoms with Crippen LogP contribution in [0.25, 0.3) is 0 Å². The molecule has 0 aromatic heterocycles. The first-order chi connectivity index (χ1) is 7.68. The summed E-state index contributed by atoms with van der Waals surface area (Å²) in [6.45, 7) is 3.37. The van der Waals surface area contributed by atoms with E-state index in [1.165, 1.54) is 0 Å². The van der Waals surface area contributed by atoms with Gasteiger partial charge in [-0.15, -0.1) is 0 Å². The molecule has 2 nitrogen and oxygen atoms in total. The molecule has 0 spiro atoms. The number of benzene rings is 1. The van der Waals surface area contributed by atoms with Gasteiger partial charge in [0.1, 0.15) is 5.82 Å². The summed E-state index contributed by atoms with van der Waals surface area (Å²) < 4.78 is 19.0. The Hall–Kier alpha value is -0.930. The van der Waals surface area contributed by atoms with E-state index in [9.17, 15) is 4.39 Å². The second-order valence-electron chi connectivity index (χ2n) is 4.50. The number of ether oxygens (including phenoxy) is 1. The fourth-order valence-corrected chi connectivity index (χ4v) is 2.23. The third-order valence-electron chi connectivity index (χ3n) is 3.29. The minimum atomic E-state index is -0.204. The Morgan fingerprint density at radius 1 is 1.38 bits per heavy atom. The van der Waals surface area contributed by atoms with Gasteiger partial charge in [0.2, 0.25) is 0 Å². The Morgan fingerprint density at radius 3 is 2.69 bits per heavy atom. The molecule has 2 N–H and O–H groups in total. The van der Waals surface area contributed by atoms with Crippen molar-refractivity contribution in [1.82, 2.24) is 0 Å². The molecule has 2 rings (SSSR count). The monoisotopic (exact) mass is 223 g/mol. The zero-order chi connectivity index (χ0) is 11.5. The molecule has 1 unspecified atom stereocenters. The van der Waals surface area contributed by atoms with Crippen LogP contribution in [0.4, 0.5) is 4.39 Å². The Kier molecular flexibility index (Phi) is 3.56. The molecule has 88 valence electrons. The van der Waals surface area contributed by atoms with Gasteiger partial charge in [-0.2, -0.15) is 0 Å². The summed E-state index contributed by atoms with van der Waals surface area (Å²) in [5, 5.41) is 0. The second kappa shape index (κ2) is 4.93. The van der Waals surface area contributed by atoms with Gasteiger partial charge in [-0.1, -0.05) is 12.1 Å². The van der Waals surface area contributed by atoms with Crippen LogP contribution >= 0.6 is 0 Å². The normalized spacial score (nSPS) is 19.7. The number of aryl methyl sites for hydroxylation is 1. The summed E-state index contributed by atoms with van der Waals surface area (Å²) in [6, 6.07) is 5.07. The van der Waals surface area contributed by atoms with E-state index in [2.05, 4.69) is 0 Å². The van der Waals surface area contributed by atoms with Crippen molar-refractivity contribution in [2.24, 2.45) is 11.7 Å². The molecule has 1 aromatic rings. The summed E-state index contributed by atoms with van der Waals surface area (Å²) in [5.41, 5.74) is 7.69. The fraction of sp³-hybridized carbons (Fsp3) is 0.538. The first-order valence-electron chi connectivity index (χ1n) is 5.78. The molecule has 1 heterocycles. The van der Waals surface area contributed by atoms with Gasteiger partial charge in [-0.25, -0.2) is 4.39 Å². The van der Waals surface area contributed by atoms with Crippen LogP contribution in [0.1, 0.15) is 30.0 Å². The van der Waals surface area contributed by atoms with Crippen molar-refractivity contribution in [1.29, 1.82) is 0 Å². The summed E-state index contributed by atoms with van der Waals surface area (Å²) in [5.74, 6) is 0.157. The van der Waals surface area contributed by atoms with Gasteiger partial charge in [-0.05, 0) is 37.3 Å². The van der Waals surface area contributed by atoms with Crippen molar-refractivity contribution in [2.45, 2.75) is 25.8 Å². The molecule has 1 aliphatic heterocycles. The van der Waals surface area contributed by atoms with Crippen LogP contribution in [0.3, 0.4) is 0 Å². The highest BCUT2D eigenvalue weighted by molar-refractivity contribution is 5.26. The molecule has 0 saturated carbocycles. The quantitative estimate of drug-likeness (QED) is 0.836. The van der Waals surface area contributed by atoms with Crippen molar-refractivity contribution < 1.29 is 9.13 Å². The van der Waals surface area contributed by atoms with Crippen LogP contribution in [0.2, 0.25) is 0 Å². The molecule has 1 saturated heterocycles. The first-order valence-corrected chi connectivity index (χ1v) is 5.78. The van der Waals surface area contributed by atoms with Crippen LogP contribution < -0.4 is 5.73 Å². The van der Waals surface area contributed by atoms with Crippen LogP contribution in [0.5, 0.6) is 0 Å². The second-order valence-corrected chi connectivity index (χ2v) is 4.50. The Balaban J connectivity index is 2.15. The van der Waals surface area contributed by atoms with E-state index in [1.54, 1.807) is 6.07 Å². The smallest absolute Gasteiger partial charge is 0.128 e. The summed E-state index contributed by atoms with van der Waals surface area (Å²) in [6.07, 6.45) is 1.85. The molecular weight excluding hydrogens is 205 g/mol. The van der Waals surface area contributed by atoms with Crippen LogP contribution in [0.15, 0.2) is 18.2 Å². The number of halogens is 1. The van der Waals surface area contributed by atoms with Gasteiger partial charge < -0.3 is 10.5 Å². The largest absolute Gasteiger partial charge is 0.381 e. The van der Waals surface area contributed by atoms with Crippen molar-refractivity contribution in [3.8, 4) is 0 Å². The van der Waals surface area contributed by atoms with Gasteiger partial charge in [-0.3, -0.25) is 0 Å². The van der Waals surface area contributed by atoms with E-state index in [0.29, 0.717) is 11.5 Å². The van der Waals surface area contributed by atoms with E-state index in [0.717, 1.165) is 31.6 Å². The lowest BCUT2D eigenvalue weighted by Crippen LogP contribution is -2.28. The predicted molar refractivity (Wildman–Crippen MR) is 61.6 cm³/mol. The van der Waals surface area contributed by atoms with E-state index in [4.69, 9.17) is 10.5 Å². The fourth-order valence-electron chi connectivity index (χ4n) is 2.23. The molecule has 1 aliphatic rings. The third kappa shape index (κ3) is 2.42. The highest BCUT2D eigenvalue weighted by Gasteiger charge is 2.24. The van der Waals surface area contributed by atoms with Crippen molar-refractivity contribution >= 4 is 0 Å². The Morgan fingerprint density at radius 2 is 2.06 bits per heavy atom. The first kappa shape index (κ1) is 11.6. The molecule has 1 atom stereocenters. The van der Waals surface area contributed by atoms with Crippen molar-refractivity contribution in [2.75, 3.05) is 13.2 Å². The molecule has 0 radical (unpaired) electrons. The molecule has 0 amide bonds. The van der Waals surface area contributed by atoms with Gasteiger partial charge in [0.15, 0.2) is 0 Å². The van der Waals surface area contributed by atoms with Crippen LogP contribution in [-0.2, 0) is 4.74 Å². The summed E-state index contributed by atoms with van der Waals surface area (Å²) >= 11 is 0. The lowest BCUT2D eigenvalue weighted by molar-refractivity contribution is 0.0580. The molecule has 0 aliphatic carbocycles. The lowest BCUT2D eigenvalue weighted by atomic mass is 9.87. The maximum atomic E-state index is 13.7. The van der Waals surface area contributed by atoms with Crippen molar-refractivity contribution in [3.63, 3.8) is 0 Å². The molecule has 1 aromatic carbocycles. The zero-order valence-electron chi connectivity index (χ0n) is 9.58. The van der Waals surface area contributed by atoms with E-state index >= 15 is 0 Å². The van der Waals surface area contributed by atoms with Crippen LogP contribution in [0, 0.1) is 18.7 Å². The van der Waals surface area contributed by atoms with Crippen LogP contribution in [-0.4, -0.2) is 13.2 Å². The number of hydrogen-bond acceptors (Lipinski definition) is 2. The molecule has 1 fully saturated rings. The number of rotatable bonds is 2. The molecule has 16 heavy (non-hydrogen) atoms. The summed E-state index contributed by atoms with van der Waals surface area (Å²) in [4.78, 5) is 0. The lowest BCUT2D eigenvalue weighted by Gasteiger charge is -2.28. The highest BCUT2D eigenvalue weighted by atomic mass is 19.1. The maximum Gasteiger partial charge on any atom is 0.128 e. The third-order valence-corrected chi connectivity index (χ3v) is 3.29. The molecule has 3 heteroatoms. The molecular formula is C13H18FNO. The van der Waals surface area contributed by atoms with E-state index in [1.807, 2.05) is 19.1 Å². The standard InChI is InChI=1S/C13H18FNO/c1-9-2-3-11(12(14)8-9)13(15)10-4-6-16-7-5-10/h2-3,8,10,13H,4-7,15H2,1H3. The van der Waals surface area contributed by atoms with Gasteiger partial charge in [0.25, 0.3) is 0 Å². The maximum absolute atomic E-state index is 13.7. The highest BCUT2D eigenvalue weighted by Crippen LogP contribution is 2.29. The predicted octanol–water partition coefficient (Wildman–Crippen LogP) is 2.56. The van der Waals surface area contributed by atoms with Crippen molar-refractivity contribution in [3.05, 3.63) is 35.1 Å². The minimum Gasteiger partial charge on any atom is -0.381 e. The van der Waals surface area contributed by atoms with Gasteiger partial charge >= 0.3 is 0 Å². The Labute approximate surface area is 95.6 Å². The number of hydrogen-bond donors (Lipinski definition) is 1. The molecule has 0 bridgehead atoms.